The van der Waals surface area contributed by atoms with Gasteiger partial charge in [-0.05, 0) is 19.1 Å². The predicted octanol–water partition coefficient (Wildman–Crippen LogP) is -0.923. The van der Waals surface area contributed by atoms with Gasteiger partial charge < -0.3 is 15.0 Å². The quantitative estimate of drug-likeness (QED) is 0.758. The van der Waals surface area contributed by atoms with Gasteiger partial charge in [0.1, 0.15) is 11.9 Å². The second-order valence-electron chi connectivity index (χ2n) is 4.82. The molecule has 0 aliphatic carbocycles. The maximum Gasteiger partial charge on any atom is 0.364 e. The molecule has 0 saturated carbocycles. The summed E-state index contributed by atoms with van der Waals surface area (Å²) in [7, 11) is 0. The molecule has 2 aromatic heterocycles. The molecule has 9 heteroatoms. The van der Waals surface area contributed by atoms with E-state index in [1.54, 1.807) is 24.0 Å². The van der Waals surface area contributed by atoms with E-state index in [1.165, 1.54) is 0 Å². The zero-order valence-electron chi connectivity index (χ0n) is 11.6. The summed E-state index contributed by atoms with van der Waals surface area (Å²) in [5, 5.41) is 13.2. The zero-order valence-corrected chi connectivity index (χ0v) is 11.6. The molecule has 1 atom stereocenters. The van der Waals surface area contributed by atoms with E-state index >= 15 is 0 Å². The molecular formula is C12H16N6O3. The van der Waals surface area contributed by atoms with Crippen LogP contribution in [0.3, 0.4) is 0 Å². The van der Waals surface area contributed by atoms with Gasteiger partial charge in [-0.25, -0.2) is 9.89 Å². The van der Waals surface area contributed by atoms with Crippen LogP contribution in [0.4, 0.5) is 5.82 Å². The summed E-state index contributed by atoms with van der Waals surface area (Å²) < 4.78 is 6.37. The summed E-state index contributed by atoms with van der Waals surface area (Å²) in [6, 6.07) is 2.90. The van der Waals surface area contributed by atoms with Crippen LogP contribution in [0, 0.1) is 0 Å². The van der Waals surface area contributed by atoms with Gasteiger partial charge in [0.2, 0.25) is 5.91 Å². The van der Waals surface area contributed by atoms with E-state index in [4.69, 9.17) is 4.74 Å². The first-order chi connectivity index (χ1) is 10.1. The number of carbonyl (C=O) groups excluding carboxylic acids is 1. The molecule has 0 radical (unpaired) electrons. The molecule has 1 saturated heterocycles. The average molecular weight is 292 g/mol. The highest BCUT2D eigenvalue weighted by Crippen LogP contribution is 2.08. The largest absolute Gasteiger partial charge is 0.378 e. The third-order valence-electron chi connectivity index (χ3n) is 3.33. The van der Waals surface area contributed by atoms with Crippen molar-refractivity contribution in [1.82, 2.24) is 24.7 Å². The lowest BCUT2D eigenvalue weighted by Gasteiger charge is -2.29. The topological polar surface area (TPSA) is 105 Å². The zero-order chi connectivity index (χ0) is 14.8. The molecule has 1 aliphatic rings. The molecule has 112 valence electrons. The standard InChI is InChI=1S/C12H16N6O3/c1-8(11(19)17-4-6-21-7-5-17)13-9-2-3-10-14-15-12(20)18(10)16-9/h2-3,8H,4-7H2,1H3,(H,13,16)(H,15,20). The van der Waals surface area contributed by atoms with Gasteiger partial charge in [-0.2, -0.15) is 9.61 Å². The first kappa shape index (κ1) is 13.6. The lowest BCUT2D eigenvalue weighted by atomic mass is 10.2. The maximum absolute atomic E-state index is 12.3. The molecular weight excluding hydrogens is 276 g/mol. The number of aromatic amines is 1. The van der Waals surface area contributed by atoms with Gasteiger partial charge in [0.05, 0.1) is 13.2 Å². The molecule has 21 heavy (non-hydrogen) atoms. The Kier molecular flexibility index (Phi) is 3.57. The van der Waals surface area contributed by atoms with Crippen LogP contribution in [0.25, 0.3) is 5.65 Å². The number of rotatable bonds is 3. The van der Waals surface area contributed by atoms with E-state index in [0.717, 1.165) is 4.52 Å². The highest BCUT2D eigenvalue weighted by atomic mass is 16.5. The predicted molar refractivity (Wildman–Crippen MR) is 74.1 cm³/mol. The van der Waals surface area contributed by atoms with Crippen molar-refractivity contribution in [2.75, 3.05) is 31.6 Å². The van der Waals surface area contributed by atoms with Crippen molar-refractivity contribution < 1.29 is 9.53 Å². The minimum absolute atomic E-state index is 0.0141. The molecule has 1 unspecified atom stereocenters. The molecule has 1 fully saturated rings. The summed E-state index contributed by atoms with van der Waals surface area (Å²) in [5.74, 6) is 0.430. The van der Waals surface area contributed by atoms with Crippen molar-refractivity contribution >= 4 is 17.4 Å². The van der Waals surface area contributed by atoms with Crippen molar-refractivity contribution in [1.29, 1.82) is 0 Å². The van der Waals surface area contributed by atoms with Gasteiger partial charge in [0.15, 0.2) is 5.65 Å². The number of nitrogens with one attached hydrogen (secondary N) is 2. The minimum Gasteiger partial charge on any atom is -0.378 e. The summed E-state index contributed by atoms with van der Waals surface area (Å²) in [4.78, 5) is 25.5. The third kappa shape index (κ3) is 2.72. The van der Waals surface area contributed by atoms with E-state index in [0.29, 0.717) is 37.8 Å². The fraction of sp³-hybridized carbons (Fsp3) is 0.500. The Morgan fingerprint density at radius 3 is 2.95 bits per heavy atom. The highest BCUT2D eigenvalue weighted by molar-refractivity contribution is 5.84. The number of anilines is 1. The van der Waals surface area contributed by atoms with Crippen LogP contribution in [-0.4, -0.2) is 63.0 Å². The fourth-order valence-electron chi connectivity index (χ4n) is 2.22. The smallest absolute Gasteiger partial charge is 0.364 e. The van der Waals surface area contributed by atoms with E-state index in [1.807, 2.05) is 0 Å². The number of fused-ring (bicyclic) bond motifs is 1. The Bertz CT molecular complexity index is 702. The van der Waals surface area contributed by atoms with Gasteiger partial charge in [-0.3, -0.25) is 4.79 Å². The van der Waals surface area contributed by atoms with Crippen molar-refractivity contribution in [3.8, 4) is 0 Å². The van der Waals surface area contributed by atoms with Crippen LogP contribution in [0.5, 0.6) is 0 Å². The first-order valence-electron chi connectivity index (χ1n) is 6.73. The summed E-state index contributed by atoms with van der Waals surface area (Å²) in [5.41, 5.74) is 0.0125. The Morgan fingerprint density at radius 2 is 2.19 bits per heavy atom. The monoisotopic (exact) mass is 292 g/mol. The Morgan fingerprint density at radius 1 is 1.43 bits per heavy atom. The van der Waals surface area contributed by atoms with Crippen LogP contribution in [-0.2, 0) is 9.53 Å². The molecule has 0 aromatic carbocycles. The second-order valence-corrected chi connectivity index (χ2v) is 4.82. The van der Waals surface area contributed by atoms with Gasteiger partial charge in [-0.1, -0.05) is 0 Å². The van der Waals surface area contributed by atoms with Crippen molar-refractivity contribution in [2.24, 2.45) is 0 Å². The molecule has 2 aromatic rings. The van der Waals surface area contributed by atoms with Gasteiger partial charge in [0, 0.05) is 13.1 Å². The van der Waals surface area contributed by atoms with Gasteiger partial charge in [0.25, 0.3) is 0 Å². The number of hydrogen-bond acceptors (Lipinski definition) is 6. The molecule has 1 amide bonds. The number of nitrogens with zero attached hydrogens (tertiary/aromatic N) is 4. The van der Waals surface area contributed by atoms with Crippen LogP contribution in [0.15, 0.2) is 16.9 Å². The molecule has 2 N–H and O–H groups in total. The van der Waals surface area contributed by atoms with Crippen molar-refractivity contribution in [3.05, 3.63) is 22.6 Å². The van der Waals surface area contributed by atoms with E-state index in [2.05, 4.69) is 20.6 Å². The van der Waals surface area contributed by atoms with Gasteiger partial charge in [-0.15, -0.1) is 5.10 Å². The number of hydrogen-bond donors (Lipinski definition) is 2. The van der Waals surface area contributed by atoms with Crippen molar-refractivity contribution in [3.63, 3.8) is 0 Å². The molecule has 3 heterocycles. The van der Waals surface area contributed by atoms with Gasteiger partial charge >= 0.3 is 5.69 Å². The minimum atomic E-state index is -0.435. The fourth-order valence-corrected chi connectivity index (χ4v) is 2.22. The number of amides is 1. The molecule has 0 bridgehead atoms. The number of aromatic nitrogens is 4. The molecule has 3 rings (SSSR count). The molecule has 1 aliphatic heterocycles. The Labute approximate surface area is 119 Å². The van der Waals surface area contributed by atoms with Crippen molar-refractivity contribution in [2.45, 2.75) is 13.0 Å². The van der Waals surface area contributed by atoms with Crippen LogP contribution in [0.2, 0.25) is 0 Å². The number of ether oxygens (including phenoxy) is 1. The molecule has 0 spiro atoms. The number of carbonyl (C=O) groups is 1. The van der Waals surface area contributed by atoms with E-state index < -0.39 is 11.7 Å². The number of H-pyrrole nitrogens is 1. The maximum atomic E-state index is 12.3. The summed E-state index contributed by atoms with van der Waals surface area (Å²) in [6.07, 6.45) is 0. The normalized spacial score (nSPS) is 16.9. The lowest BCUT2D eigenvalue weighted by molar-refractivity contribution is -0.135. The van der Waals surface area contributed by atoms with E-state index in [-0.39, 0.29) is 5.91 Å². The van der Waals surface area contributed by atoms with Crippen LogP contribution >= 0.6 is 0 Å². The SMILES string of the molecule is CC(Nc1ccc2n[nH]c(=O)n2n1)C(=O)N1CCOCC1. The third-order valence-corrected chi connectivity index (χ3v) is 3.33. The number of morpholine rings is 1. The Balaban J connectivity index is 1.72. The van der Waals surface area contributed by atoms with E-state index in [9.17, 15) is 9.59 Å². The molecule has 9 nitrogen and oxygen atoms in total. The summed E-state index contributed by atoms with van der Waals surface area (Å²) in [6.45, 7) is 4.08. The van der Waals surface area contributed by atoms with Crippen LogP contribution < -0.4 is 11.0 Å². The highest BCUT2D eigenvalue weighted by Gasteiger charge is 2.22. The summed E-state index contributed by atoms with van der Waals surface area (Å²) >= 11 is 0. The van der Waals surface area contributed by atoms with Crippen LogP contribution in [0.1, 0.15) is 6.92 Å². The second kappa shape index (κ2) is 5.52. The Hall–Kier alpha value is -2.42. The lowest BCUT2D eigenvalue weighted by Crippen LogP contribution is -2.47. The average Bonchev–Trinajstić information content (AvgIpc) is 2.88. The first-order valence-corrected chi connectivity index (χ1v) is 6.73.